The Morgan fingerprint density at radius 2 is 2.30 bits per heavy atom. The van der Waals surface area contributed by atoms with Gasteiger partial charge in [0.05, 0.1) is 5.56 Å². The summed E-state index contributed by atoms with van der Waals surface area (Å²) in [7, 11) is 0. The lowest BCUT2D eigenvalue weighted by Crippen LogP contribution is -2.45. The highest BCUT2D eigenvalue weighted by Gasteiger charge is 2.42. The number of nitrogens with one attached hydrogen (secondary N) is 3. The minimum Gasteiger partial charge on any atom is -0.416 e. The van der Waals surface area contributed by atoms with Crippen LogP contribution in [0.5, 0.6) is 0 Å². The van der Waals surface area contributed by atoms with E-state index in [0.29, 0.717) is 16.8 Å². The number of hydrazine groups is 1. The molecule has 0 radical (unpaired) electrons. The van der Waals surface area contributed by atoms with Crippen LogP contribution in [0.1, 0.15) is 47.0 Å². The largest absolute Gasteiger partial charge is 0.420 e. The molecule has 0 spiro atoms. The summed E-state index contributed by atoms with van der Waals surface area (Å²) in [5, 5.41) is 12.0. The summed E-state index contributed by atoms with van der Waals surface area (Å²) in [5.74, 6) is -0.496. The monoisotopic (exact) mass is 368 g/mol. The number of nitriles is 1. The van der Waals surface area contributed by atoms with Gasteiger partial charge in [-0.25, -0.2) is 15.2 Å². The van der Waals surface area contributed by atoms with Gasteiger partial charge in [0, 0.05) is 30.4 Å². The van der Waals surface area contributed by atoms with E-state index in [4.69, 9.17) is 9.68 Å². The maximum absolute atomic E-state index is 12.6. The van der Waals surface area contributed by atoms with Crippen molar-refractivity contribution >= 4 is 5.91 Å². The molecule has 2 aromatic heterocycles. The predicted octanol–water partition coefficient (Wildman–Crippen LogP) is 0.590. The first-order valence-corrected chi connectivity index (χ1v) is 8.91. The van der Waals surface area contributed by atoms with E-state index in [1.165, 1.54) is 17.0 Å². The lowest BCUT2D eigenvalue weighted by molar-refractivity contribution is 0.0905. The van der Waals surface area contributed by atoms with Crippen LogP contribution in [-0.2, 0) is 0 Å². The molecular formula is C18H20N6O3. The molecule has 1 saturated heterocycles. The zero-order valence-corrected chi connectivity index (χ0v) is 14.8. The van der Waals surface area contributed by atoms with Crippen LogP contribution in [0.4, 0.5) is 0 Å². The minimum absolute atomic E-state index is 0.0117. The number of amides is 1. The number of carbonyl (C=O) groups excluding carboxylic acids is 1. The van der Waals surface area contributed by atoms with Crippen molar-refractivity contribution in [3.8, 4) is 6.07 Å². The normalized spacial score (nSPS) is 27.0. The van der Waals surface area contributed by atoms with Gasteiger partial charge in [-0.3, -0.25) is 14.8 Å². The SMILES string of the molecule is Cc1cc(C#N)cnc1C(=O)NC1CCC2NNC(n3ccoc3=O)C2C1. The summed E-state index contributed by atoms with van der Waals surface area (Å²) in [6.07, 6.45) is 6.64. The maximum atomic E-state index is 12.6. The molecule has 1 aliphatic heterocycles. The van der Waals surface area contributed by atoms with E-state index >= 15 is 0 Å². The van der Waals surface area contributed by atoms with Gasteiger partial charge in [0.2, 0.25) is 0 Å². The van der Waals surface area contributed by atoms with E-state index in [-0.39, 0.29) is 30.1 Å². The number of hydrogen-bond donors (Lipinski definition) is 3. The number of aryl methyl sites for hydroxylation is 1. The molecule has 1 amide bonds. The van der Waals surface area contributed by atoms with Crippen molar-refractivity contribution in [1.29, 1.82) is 5.26 Å². The average Bonchev–Trinajstić information content (AvgIpc) is 3.26. The third kappa shape index (κ3) is 3.25. The maximum Gasteiger partial charge on any atom is 0.420 e. The summed E-state index contributed by atoms with van der Waals surface area (Å²) < 4.78 is 6.41. The lowest BCUT2D eigenvalue weighted by Gasteiger charge is -2.33. The molecule has 9 heteroatoms. The zero-order valence-electron chi connectivity index (χ0n) is 14.8. The molecule has 0 bridgehead atoms. The standard InChI is InChI=1S/C18H20N6O3/c1-10-6-11(8-19)9-20-15(10)17(25)21-12-2-3-14-13(7-12)16(23-22-14)24-4-5-27-18(24)26/h4-6,9,12-14,16,22-23H,2-3,7H2,1H3,(H,21,25). The van der Waals surface area contributed by atoms with Crippen LogP contribution < -0.4 is 21.9 Å². The number of rotatable bonds is 3. The Bertz CT molecular complexity index is 958. The fraction of sp³-hybridized carbons (Fsp3) is 0.444. The van der Waals surface area contributed by atoms with Crippen LogP contribution in [-0.4, -0.2) is 27.5 Å². The van der Waals surface area contributed by atoms with Crippen molar-refractivity contribution in [2.24, 2.45) is 5.92 Å². The highest BCUT2D eigenvalue weighted by atomic mass is 16.4. The van der Waals surface area contributed by atoms with E-state index < -0.39 is 5.76 Å². The van der Waals surface area contributed by atoms with Crippen LogP contribution in [0.15, 0.2) is 33.9 Å². The van der Waals surface area contributed by atoms with Gasteiger partial charge in [0.15, 0.2) is 0 Å². The molecule has 4 atom stereocenters. The van der Waals surface area contributed by atoms with E-state index in [1.807, 2.05) is 6.07 Å². The summed E-state index contributed by atoms with van der Waals surface area (Å²) in [6, 6.07) is 3.90. The average molecular weight is 368 g/mol. The molecule has 27 heavy (non-hydrogen) atoms. The van der Waals surface area contributed by atoms with Crippen molar-refractivity contribution in [1.82, 2.24) is 25.7 Å². The highest BCUT2D eigenvalue weighted by Crippen LogP contribution is 2.34. The summed E-state index contributed by atoms with van der Waals surface area (Å²) in [4.78, 5) is 28.6. The van der Waals surface area contributed by atoms with Crippen molar-refractivity contribution in [3.05, 3.63) is 52.1 Å². The van der Waals surface area contributed by atoms with Gasteiger partial charge >= 0.3 is 5.76 Å². The predicted molar refractivity (Wildman–Crippen MR) is 94.3 cm³/mol. The molecule has 3 N–H and O–H groups in total. The van der Waals surface area contributed by atoms with Gasteiger partial charge in [-0.05, 0) is 37.8 Å². The first-order chi connectivity index (χ1) is 13.1. The van der Waals surface area contributed by atoms with Crippen molar-refractivity contribution in [3.63, 3.8) is 0 Å². The molecular weight excluding hydrogens is 348 g/mol. The second kappa shape index (κ2) is 6.98. The topological polar surface area (TPSA) is 125 Å². The third-order valence-electron chi connectivity index (χ3n) is 5.38. The van der Waals surface area contributed by atoms with Gasteiger partial charge in [-0.1, -0.05) is 0 Å². The molecule has 0 aromatic carbocycles. The number of carbonyl (C=O) groups is 1. The molecule has 2 aromatic rings. The Morgan fingerprint density at radius 3 is 3.00 bits per heavy atom. The Morgan fingerprint density at radius 1 is 1.44 bits per heavy atom. The Labute approximate surface area is 155 Å². The van der Waals surface area contributed by atoms with E-state index in [2.05, 4.69) is 21.2 Å². The lowest BCUT2D eigenvalue weighted by atomic mass is 9.81. The second-order valence-corrected chi connectivity index (χ2v) is 7.06. The number of nitrogens with zero attached hydrogens (tertiary/aromatic N) is 3. The molecule has 4 rings (SSSR count). The first-order valence-electron chi connectivity index (χ1n) is 8.91. The van der Waals surface area contributed by atoms with Crippen molar-refractivity contribution in [2.45, 2.75) is 44.4 Å². The zero-order chi connectivity index (χ0) is 19.0. The van der Waals surface area contributed by atoms with Gasteiger partial charge in [-0.2, -0.15) is 5.26 Å². The van der Waals surface area contributed by atoms with Crippen LogP contribution in [0.3, 0.4) is 0 Å². The fourth-order valence-corrected chi connectivity index (χ4v) is 4.05. The Balaban J connectivity index is 1.47. The van der Waals surface area contributed by atoms with Gasteiger partial charge in [0.1, 0.15) is 24.2 Å². The van der Waals surface area contributed by atoms with E-state index in [9.17, 15) is 9.59 Å². The number of pyridine rings is 1. The molecule has 9 nitrogen and oxygen atoms in total. The van der Waals surface area contributed by atoms with Crippen LogP contribution in [0, 0.1) is 24.2 Å². The Hall–Kier alpha value is -2.96. The first kappa shape index (κ1) is 17.5. The number of hydrogen-bond acceptors (Lipinski definition) is 7. The minimum atomic E-state index is -0.404. The molecule has 2 aliphatic rings. The van der Waals surface area contributed by atoms with Crippen LogP contribution in [0.25, 0.3) is 0 Å². The van der Waals surface area contributed by atoms with E-state index in [1.54, 1.807) is 19.2 Å². The number of fused-ring (bicyclic) bond motifs is 1. The van der Waals surface area contributed by atoms with Gasteiger partial charge in [0.25, 0.3) is 5.91 Å². The van der Waals surface area contributed by atoms with Crippen LogP contribution in [0.2, 0.25) is 0 Å². The van der Waals surface area contributed by atoms with Gasteiger partial charge in [-0.15, -0.1) is 0 Å². The molecule has 2 fully saturated rings. The number of oxazole rings is 1. The molecule has 1 saturated carbocycles. The van der Waals surface area contributed by atoms with Crippen molar-refractivity contribution in [2.75, 3.05) is 0 Å². The Kier molecular flexibility index (Phi) is 4.51. The molecule has 1 aliphatic carbocycles. The molecule has 4 unspecified atom stereocenters. The van der Waals surface area contributed by atoms with E-state index in [0.717, 1.165) is 19.3 Å². The van der Waals surface area contributed by atoms with Crippen LogP contribution >= 0.6 is 0 Å². The fourth-order valence-electron chi connectivity index (χ4n) is 4.05. The quantitative estimate of drug-likeness (QED) is 0.724. The second-order valence-electron chi connectivity index (χ2n) is 7.06. The molecule has 3 heterocycles. The summed E-state index contributed by atoms with van der Waals surface area (Å²) >= 11 is 0. The highest BCUT2D eigenvalue weighted by molar-refractivity contribution is 5.93. The number of aromatic nitrogens is 2. The van der Waals surface area contributed by atoms with Crippen molar-refractivity contribution < 1.29 is 9.21 Å². The smallest absolute Gasteiger partial charge is 0.416 e. The summed E-state index contributed by atoms with van der Waals surface area (Å²) in [5.41, 5.74) is 7.85. The van der Waals surface area contributed by atoms with Gasteiger partial charge < -0.3 is 9.73 Å². The summed E-state index contributed by atoms with van der Waals surface area (Å²) in [6.45, 7) is 1.77. The molecule has 140 valence electrons. The third-order valence-corrected chi connectivity index (χ3v) is 5.38.